The van der Waals surface area contributed by atoms with E-state index in [2.05, 4.69) is 9.97 Å². The van der Waals surface area contributed by atoms with Gasteiger partial charge in [0.1, 0.15) is 11.6 Å². The number of aromatic amines is 1. The fourth-order valence-electron chi connectivity index (χ4n) is 4.20. The third-order valence-electron chi connectivity index (χ3n) is 6.00. The number of halogens is 6. The lowest BCUT2D eigenvalue weighted by atomic mass is 10.0. The van der Waals surface area contributed by atoms with E-state index in [1.54, 1.807) is 48.5 Å². The summed E-state index contributed by atoms with van der Waals surface area (Å²) in [6.45, 7) is -1.35. The fraction of sp³-hybridized carbons (Fsp3) is 0.240. The molecule has 4 aromatic rings. The molecule has 0 amide bonds. The van der Waals surface area contributed by atoms with Gasteiger partial charge in [-0.25, -0.2) is 9.19 Å². The largest absolute Gasteiger partial charge is 0.490 e. The zero-order valence-electron chi connectivity index (χ0n) is 18.9. The summed E-state index contributed by atoms with van der Waals surface area (Å²) < 4.78 is 93.7. The molecule has 5 rings (SSSR count). The second-order valence-electron chi connectivity index (χ2n) is 8.64. The van der Waals surface area contributed by atoms with E-state index in [1.165, 1.54) is 18.2 Å². The van der Waals surface area contributed by atoms with Crippen molar-refractivity contribution in [3.63, 3.8) is 0 Å². The SMILES string of the molecule is O=S(Nc1ccccc1-c1ccc2nc(C3CC3c3ccc(OCC(F)(F)F)cc3)[nH]c2c1)C(F)(F)F. The van der Waals surface area contributed by atoms with Crippen LogP contribution in [-0.4, -0.2) is 32.5 Å². The Morgan fingerprint density at radius 2 is 1.70 bits per heavy atom. The molecule has 1 aliphatic carbocycles. The molecule has 1 aromatic heterocycles. The summed E-state index contributed by atoms with van der Waals surface area (Å²) in [7, 11) is -3.25. The van der Waals surface area contributed by atoms with Crippen LogP contribution in [0.15, 0.2) is 66.7 Å². The number of rotatable bonds is 7. The van der Waals surface area contributed by atoms with Crippen LogP contribution in [0.3, 0.4) is 0 Å². The number of aromatic nitrogens is 2. The van der Waals surface area contributed by atoms with Gasteiger partial charge >= 0.3 is 11.7 Å². The van der Waals surface area contributed by atoms with E-state index in [-0.39, 0.29) is 23.3 Å². The van der Waals surface area contributed by atoms with Crippen molar-refractivity contribution in [3.8, 4) is 16.9 Å². The number of hydrogen-bond acceptors (Lipinski definition) is 3. The van der Waals surface area contributed by atoms with Gasteiger partial charge in [0.25, 0.3) is 0 Å². The van der Waals surface area contributed by atoms with Crippen LogP contribution in [0.4, 0.5) is 32.0 Å². The highest BCUT2D eigenvalue weighted by atomic mass is 32.2. The lowest BCUT2D eigenvalue weighted by Crippen LogP contribution is -2.23. The first-order valence-electron chi connectivity index (χ1n) is 11.1. The molecule has 0 saturated heterocycles. The van der Waals surface area contributed by atoms with Crippen molar-refractivity contribution in [1.29, 1.82) is 0 Å². The topological polar surface area (TPSA) is 67.0 Å². The maximum Gasteiger partial charge on any atom is 0.490 e. The van der Waals surface area contributed by atoms with Gasteiger partial charge in [0.15, 0.2) is 6.61 Å². The van der Waals surface area contributed by atoms with Crippen LogP contribution in [0.2, 0.25) is 0 Å². The van der Waals surface area contributed by atoms with Crippen molar-refractivity contribution in [3.05, 3.63) is 78.1 Å². The van der Waals surface area contributed by atoms with Crippen molar-refractivity contribution in [2.75, 3.05) is 11.3 Å². The molecule has 1 aliphatic rings. The second kappa shape index (κ2) is 9.40. The molecule has 0 radical (unpaired) electrons. The molecule has 2 N–H and O–H groups in total. The lowest BCUT2D eigenvalue weighted by molar-refractivity contribution is -0.153. The average molecular weight is 540 g/mol. The van der Waals surface area contributed by atoms with Gasteiger partial charge in [0.2, 0.25) is 11.0 Å². The van der Waals surface area contributed by atoms with Gasteiger partial charge in [0, 0.05) is 11.5 Å². The summed E-state index contributed by atoms with van der Waals surface area (Å²) in [5.74, 6) is 1.14. The Kier molecular flexibility index (Phi) is 6.38. The Morgan fingerprint density at radius 1 is 0.973 bits per heavy atom. The number of imidazole rings is 1. The van der Waals surface area contributed by atoms with Crippen LogP contribution in [0.5, 0.6) is 5.75 Å². The van der Waals surface area contributed by atoms with E-state index in [0.29, 0.717) is 22.2 Å². The lowest BCUT2D eigenvalue weighted by Gasteiger charge is -2.13. The number of ether oxygens (including phenoxy) is 1. The Hall–Kier alpha value is -3.54. The van der Waals surface area contributed by atoms with E-state index in [9.17, 15) is 30.6 Å². The molecule has 3 atom stereocenters. The van der Waals surface area contributed by atoms with Gasteiger partial charge in [-0.3, -0.25) is 4.72 Å². The van der Waals surface area contributed by atoms with Crippen LogP contribution < -0.4 is 9.46 Å². The monoisotopic (exact) mass is 539 g/mol. The second-order valence-corrected chi connectivity index (χ2v) is 9.84. The van der Waals surface area contributed by atoms with E-state index in [0.717, 1.165) is 17.8 Å². The first kappa shape index (κ1) is 25.1. The maximum absolute atomic E-state index is 12.8. The van der Waals surface area contributed by atoms with Crippen LogP contribution in [0, 0.1) is 0 Å². The summed E-state index contributed by atoms with van der Waals surface area (Å²) >= 11 is 0. The number of benzene rings is 3. The molecule has 194 valence electrons. The van der Waals surface area contributed by atoms with Crippen LogP contribution in [0.1, 0.15) is 29.6 Å². The minimum Gasteiger partial charge on any atom is -0.484 e. The van der Waals surface area contributed by atoms with Gasteiger partial charge in [-0.05, 0) is 53.8 Å². The molecule has 1 saturated carbocycles. The van der Waals surface area contributed by atoms with E-state index in [1.807, 2.05) is 4.72 Å². The van der Waals surface area contributed by atoms with Crippen molar-refractivity contribution >= 4 is 27.7 Å². The van der Waals surface area contributed by atoms with Crippen molar-refractivity contribution in [2.24, 2.45) is 0 Å². The third-order valence-corrected chi connectivity index (χ3v) is 6.83. The summed E-state index contributed by atoms with van der Waals surface area (Å²) in [6, 6.07) is 18.0. The molecule has 0 bridgehead atoms. The standard InChI is InChI=1S/C25H19F6N3O2S/c26-24(27,28)13-36-16-8-5-14(6-9-16)18-12-19(18)23-32-21-10-7-15(11-22(21)33-23)17-3-1-2-4-20(17)34-37(35)25(29,30)31/h1-11,18-19,34H,12-13H2,(H,32,33). The molecule has 0 aliphatic heterocycles. The van der Waals surface area contributed by atoms with E-state index >= 15 is 0 Å². The van der Waals surface area contributed by atoms with Gasteiger partial charge in [-0.15, -0.1) is 0 Å². The fourth-order valence-corrected chi connectivity index (χ4v) is 4.69. The number of H-pyrrole nitrogens is 1. The number of hydrogen-bond donors (Lipinski definition) is 2. The average Bonchev–Trinajstić information content (AvgIpc) is 3.53. The number of nitrogens with zero attached hydrogens (tertiary/aromatic N) is 1. The predicted octanol–water partition coefficient (Wildman–Crippen LogP) is 7.04. The highest BCUT2D eigenvalue weighted by molar-refractivity contribution is 7.87. The minimum atomic E-state index is -4.90. The summed E-state index contributed by atoms with van der Waals surface area (Å²) in [4.78, 5) is 7.92. The third kappa shape index (κ3) is 5.74. The Labute approximate surface area is 209 Å². The number of para-hydroxylation sites is 1. The van der Waals surface area contributed by atoms with Crippen LogP contribution in [0.25, 0.3) is 22.2 Å². The first-order chi connectivity index (χ1) is 17.5. The van der Waals surface area contributed by atoms with Crippen molar-refractivity contribution in [1.82, 2.24) is 9.97 Å². The summed E-state index contributed by atoms with van der Waals surface area (Å²) in [5, 5.41) is 0. The smallest absolute Gasteiger partial charge is 0.484 e. The molecule has 0 spiro atoms. The molecule has 12 heteroatoms. The molecule has 37 heavy (non-hydrogen) atoms. The molecule has 3 aromatic carbocycles. The molecule has 1 heterocycles. The maximum atomic E-state index is 12.8. The molecular weight excluding hydrogens is 520 g/mol. The first-order valence-corrected chi connectivity index (χ1v) is 12.3. The predicted molar refractivity (Wildman–Crippen MR) is 127 cm³/mol. The van der Waals surface area contributed by atoms with Crippen molar-refractivity contribution < 1.29 is 35.3 Å². The Bertz CT molecular complexity index is 1450. The van der Waals surface area contributed by atoms with Gasteiger partial charge < -0.3 is 9.72 Å². The van der Waals surface area contributed by atoms with Gasteiger partial charge in [0.05, 0.1) is 16.7 Å². The Balaban J connectivity index is 1.32. The zero-order chi connectivity index (χ0) is 26.4. The molecule has 5 nitrogen and oxygen atoms in total. The minimum absolute atomic E-state index is 0.0853. The normalized spacial score (nSPS) is 18.5. The van der Waals surface area contributed by atoms with E-state index in [4.69, 9.17) is 4.74 Å². The highest BCUT2D eigenvalue weighted by Crippen LogP contribution is 2.54. The molecule has 1 fully saturated rings. The molecule has 3 unspecified atom stereocenters. The summed E-state index contributed by atoms with van der Waals surface area (Å²) in [5.41, 5.74) is -1.40. The number of alkyl halides is 6. The number of fused-ring (bicyclic) bond motifs is 1. The van der Waals surface area contributed by atoms with Crippen LogP contribution >= 0.6 is 0 Å². The van der Waals surface area contributed by atoms with E-state index < -0.39 is 29.3 Å². The van der Waals surface area contributed by atoms with Crippen LogP contribution in [-0.2, 0) is 11.0 Å². The number of anilines is 1. The number of nitrogens with one attached hydrogen (secondary N) is 2. The Morgan fingerprint density at radius 3 is 2.41 bits per heavy atom. The highest BCUT2D eigenvalue weighted by Gasteiger charge is 2.42. The molecular formula is C25H19F6N3O2S. The quantitative estimate of drug-likeness (QED) is 0.248. The van der Waals surface area contributed by atoms with Gasteiger partial charge in [-0.1, -0.05) is 36.4 Å². The zero-order valence-corrected chi connectivity index (χ0v) is 19.7. The summed E-state index contributed by atoms with van der Waals surface area (Å²) in [6.07, 6.45) is -3.59. The van der Waals surface area contributed by atoms with Gasteiger partial charge in [-0.2, -0.15) is 26.3 Å². The van der Waals surface area contributed by atoms with Crippen molar-refractivity contribution in [2.45, 2.75) is 29.9 Å².